The number of nitro benzene ring substituents is 1. The second-order valence-corrected chi connectivity index (χ2v) is 5.21. The van der Waals surface area contributed by atoms with Gasteiger partial charge in [-0.3, -0.25) is 15.4 Å². The Morgan fingerprint density at radius 1 is 1.57 bits per heavy atom. The molecule has 21 heavy (non-hydrogen) atoms. The smallest absolute Gasteiger partial charge is 0.273 e. The fourth-order valence-electron chi connectivity index (χ4n) is 1.90. The summed E-state index contributed by atoms with van der Waals surface area (Å²) >= 11 is 5.93. The molecule has 0 aliphatic carbocycles. The third kappa shape index (κ3) is 5.21. The van der Waals surface area contributed by atoms with E-state index in [1.54, 1.807) is 0 Å². The van der Waals surface area contributed by atoms with Crippen molar-refractivity contribution in [3.05, 3.63) is 33.3 Å². The molecule has 1 atom stereocenters. The Morgan fingerprint density at radius 2 is 2.29 bits per heavy atom. The number of hydrogen-bond donors (Lipinski definition) is 1. The molecule has 1 unspecified atom stereocenters. The van der Waals surface area contributed by atoms with Crippen LogP contribution in [0, 0.1) is 21.4 Å². The molecule has 0 spiro atoms. The van der Waals surface area contributed by atoms with Crippen molar-refractivity contribution in [1.29, 1.82) is 5.26 Å². The van der Waals surface area contributed by atoms with Crippen LogP contribution < -0.4 is 10.1 Å². The van der Waals surface area contributed by atoms with Crippen LogP contribution in [-0.4, -0.2) is 23.6 Å². The molecule has 1 aromatic rings. The molecule has 0 radical (unpaired) electrons. The maximum Gasteiger partial charge on any atom is 0.273 e. The molecule has 0 aromatic heterocycles. The highest BCUT2D eigenvalue weighted by molar-refractivity contribution is 6.32. The zero-order valence-electron chi connectivity index (χ0n) is 12.1. The Balaban J connectivity index is 2.55. The summed E-state index contributed by atoms with van der Waals surface area (Å²) in [6.45, 7) is 4.82. The van der Waals surface area contributed by atoms with E-state index in [4.69, 9.17) is 21.6 Å². The van der Waals surface area contributed by atoms with E-state index in [9.17, 15) is 10.1 Å². The van der Waals surface area contributed by atoms with E-state index in [0.29, 0.717) is 31.0 Å². The minimum atomic E-state index is -0.593. The fourth-order valence-corrected chi connectivity index (χ4v) is 2.07. The third-order valence-electron chi connectivity index (χ3n) is 3.02. The molecule has 0 saturated carbocycles. The van der Waals surface area contributed by atoms with E-state index < -0.39 is 10.5 Å². The Hall–Kier alpha value is -1.84. The van der Waals surface area contributed by atoms with Crippen LogP contribution >= 0.6 is 11.6 Å². The summed E-state index contributed by atoms with van der Waals surface area (Å²) in [5.41, 5.74) is -0.658. The quantitative estimate of drug-likeness (QED) is 0.452. The van der Waals surface area contributed by atoms with Gasteiger partial charge in [-0.25, -0.2) is 0 Å². The lowest BCUT2D eigenvalue weighted by molar-refractivity contribution is -0.384. The molecule has 0 amide bonds. The van der Waals surface area contributed by atoms with Gasteiger partial charge in [-0.05, 0) is 32.4 Å². The number of non-ortho nitro benzene ring substituents is 1. The van der Waals surface area contributed by atoms with Gasteiger partial charge in [0.05, 0.1) is 28.7 Å². The molecule has 1 aromatic carbocycles. The predicted molar refractivity (Wildman–Crippen MR) is 80.5 cm³/mol. The first kappa shape index (κ1) is 17.2. The van der Waals surface area contributed by atoms with Gasteiger partial charge in [0.2, 0.25) is 0 Å². The number of halogens is 1. The van der Waals surface area contributed by atoms with E-state index in [1.807, 2.05) is 13.8 Å². The van der Waals surface area contributed by atoms with Gasteiger partial charge in [-0.1, -0.05) is 18.5 Å². The molecule has 7 heteroatoms. The standard InChI is InChI=1S/C14H18ClN3O3/c1-3-17-14(2,10-16)7-4-8-21-13-9-11(18(19)20)5-6-12(13)15/h5-6,9,17H,3-4,7-8H2,1-2H3. The minimum Gasteiger partial charge on any atom is -0.492 e. The zero-order chi connectivity index (χ0) is 15.9. The maximum atomic E-state index is 10.7. The Labute approximate surface area is 128 Å². The SMILES string of the molecule is CCNC(C)(C#N)CCCOc1cc([N+](=O)[O-])ccc1Cl. The predicted octanol–water partition coefficient (Wildman–Crippen LogP) is 3.30. The number of nitro groups is 1. The van der Waals surface area contributed by atoms with Crippen LogP contribution in [0.3, 0.4) is 0 Å². The van der Waals surface area contributed by atoms with Crippen LogP contribution in [0.1, 0.15) is 26.7 Å². The van der Waals surface area contributed by atoms with Crippen LogP contribution in [0.25, 0.3) is 0 Å². The molecule has 0 saturated heterocycles. The highest BCUT2D eigenvalue weighted by Crippen LogP contribution is 2.29. The number of nitrogens with zero attached hydrogens (tertiary/aromatic N) is 2. The third-order valence-corrected chi connectivity index (χ3v) is 3.33. The molecule has 0 aliphatic heterocycles. The van der Waals surface area contributed by atoms with Gasteiger partial charge in [0.1, 0.15) is 11.3 Å². The average molecular weight is 312 g/mol. The van der Waals surface area contributed by atoms with Crippen LogP contribution in [0.4, 0.5) is 5.69 Å². The molecule has 1 N–H and O–H groups in total. The van der Waals surface area contributed by atoms with Gasteiger partial charge in [-0.15, -0.1) is 0 Å². The number of benzene rings is 1. The lowest BCUT2D eigenvalue weighted by Gasteiger charge is -2.22. The van der Waals surface area contributed by atoms with Gasteiger partial charge >= 0.3 is 0 Å². The molecule has 0 heterocycles. The van der Waals surface area contributed by atoms with Crippen LogP contribution in [-0.2, 0) is 0 Å². The summed E-state index contributed by atoms with van der Waals surface area (Å²) in [6.07, 6.45) is 1.25. The number of nitrogens with one attached hydrogen (secondary N) is 1. The molecule has 6 nitrogen and oxygen atoms in total. The lowest BCUT2D eigenvalue weighted by atomic mass is 9.98. The normalized spacial score (nSPS) is 13.2. The molecule has 0 fully saturated rings. The van der Waals surface area contributed by atoms with E-state index in [0.717, 1.165) is 0 Å². The van der Waals surface area contributed by atoms with Crippen molar-refractivity contribution in [2.45, 2.75) is 32.2 Å². The topological polar surface area (TPSA) is 88.2 Å². The second kappa shape index (κ2) is 7.81. The first-order chi connectivity index (χ1) is 9.91. The molecule has 0 bridgehead atoms. The molecular formula is C14H18ClN3O3. The highest BCUT2D eigenvalue weighted by Gasteiger charge is 2.21. The molecule has 1 rings (SSSR count). The fraction of sp³-hybridized carbons (Fsp3) is 0.500. The lowest BCUT2D eigenvalue weighted by Crippen LogP contribution is -2.40. The number of hydrogen-bond acceptors (Lipinski definition) is 5. The van der Waals surface area contributed by atoms with Crippen molar-refractivity contribution in [2.75, 3.05) is 13.2 Å². The minimum absolute atomic E-state index is 0.0658. The van der Waals surface area contributed by atoms with Gasteiger partial charge in [-0.2, -0.15) is 5.26 Å². The Morgan fingerprint density at radius 3 is 2.86 bits per heavy atom. The van der Waals surface area contributed by atoms with E-state index in [-0.39, 0.29) is 11.4 Å². The van der Waals surface area contributed by atoms with Crippen molar-refractivity contribution < 1.29 is 9.66 Å². The van der Waals surface area contributed by atoms with E-state index >= 15 is 0 Å². The average Bonchev–Trinajstić information content (AvgIpc) is 2.45. The Kier molecular flexibility index (Phi) is 6.40. The van der Waals surface area contributed by atoms with Crippen LogP contribution in [0.5, 0.6) is 5.75 Å². The van der Waals surface area contributed by atoms with Gasteiger partial charge < -0.3 is 4.74 Å². The zero-order valence-corrected chi connectivity index (χ0v) is 12.8. The van der Waals surface area contributed by atoms with Crippen LogP contribution in [0.2, 0.25) is 5.02 Å². The number of rotatable bonds is 8. The summed E-state index contributed by atoms with van der Waals surface area (Å²) < 4.78 is 5.47. The van der Waals surface area contributed by atoms with E-state index in [2.05, 4.69) is 11.4 Å². The van der Waals surface area contributed by atoms with Gasteiger partial charge in [0.25, 0.3) is 5.69 Å². The largest absolute Gasteiger partial charge is 0.492 e. The summed E-state index contributed by atoms with van der Waals surface area (Å²) in [5.74, 6) is 0.285. The molecule has 114 valence electrons. The second-order valence-electron chi connectivity index (χ2n) is 4.80. The first-order valence-electron chi connectivity index (χ1n) is 6.65. The van der Waals surface area contributed by atoms with Crippen molar-refractivity contribution in [2.24, 2.45) is 0 Å². The summed E-state index contributed by atoms with van der Waals surface area (Å²) in [5, 5.41) is 23.3. The highest BCUT2D eigenvalue weighted by atomic mass is 35.5. The summed E-state index contributed by atoms with van der Waals surface area (Å²) in [7, 11) is 0. The Bertz CT molecular complexity index is 545. The van der Waals surface area contributed by atoms with Gasteiger partial charge in [0, 0.05) is 6.07 Å². The summed E-state index contributed by atoms with van der Waals surface area (Å²) in [6, 6.07) is 6.30. The first-order valence-corrected chi connectivity index (χ1v) is 7.02. The van der Waals surface area contributed by atoms with Crippen molar-refractivity contribution in [3.63, 3.8) is 0 Å². The molecule has 0 aliphatic rings. The van der Waals surface area contributed by atoms with Gasteiger partial charge in [0.15, 0.2) is 0 Å². The number of ether oxygens (including phenoxy) is 1. The van der Waals surface area contributed by atoms with Crippen molar-refractivity contribution >= 4 is 17.3 Å². The maximum absolute atomic E-state index is 10.7. The van der Waals surface area contributed by atoms with E-state index in [1.165, 1.54) is 18.2 Å². The van der Waals surface area contributed by atoms with Crippen molar-refractivity contribution in [3.8, 4) is 11.8 Å². The van der Waals surface area contributed by atoms with Crippen LogP contribution in [0.15, 0.2) is 18.2 Å². The monoisotopic (exact) mass is 311 g/mol. The molecular weight excluding hydrogens is 294 g/mol. The summed E-state index contributed by atoms with van der Waals surface area (Å²) in [4.78, 5) is 10.2. The number of nitriles is 1. The van der Waals surface area contributed by atoms with Crippen molar-refractivity contribution in [1.82, 2.24) is 5.32 Å².